The van der Waals surface area contributed by atoms with Crippen LogP contribution in [-0.2, 0) is 6.54 Å². The molecule has 0 aliphatic carbocycles. The molecule has 2 N–H and O–H groups in total. The molecule has 0 saturated heterocycles. The molecule has 5 nitrogen and oxygen atoms in total. The van der Waals surface area contributed by atoms with Gasteiger partial charge in [0.15, 0.2) is 11.7 Å². The zero-order valence-corrected chi connectivity index (χ0v) is 9.61. The largest absolute Gasteiger partial charge is 0.439 e. The van der Waals surface area contributed by atoms with Crippen LogP contribution in [0.2, 0.25) is 0 Å². The lowest BCUT2D eigenvalue weighted by atomic mass is 10.1. The minimum Gasteiger partial charge on any atom is -0.439 e. The molecule has 0 unspecified atom stereocenters. The number of aromatic nitrogens is 3. The molecular formula is C11H14N4O. The van der Waals surface area contributed by atoms with Crippen LogP contribution in [0, 0.1) is 20.8 Å². The molecule has 2 aromatic rings. The smallest absolute Gasteiger partial charge is 0.192 e. The minimum atomic E-state index is 0.384. The minimum absolute atomic E-state index is 0.384. The third-order valence-corrected chi connectivity index (χ3v) is 2.32. The van der Waals surface area contributed by atoms with Crippen LogP contribution in [0.3, 0.4) is 0 Å². The fourth-order valence-corrected chi connectivity index (χ4v) is 1.59. The van der Waals surface area contributed by atoms with Gasteiger partial charge in [0.2, 0.25) is 0 Å². The lowest BCUT2D eigenvalue weighted by Crippen LogP contribution is -2.03. The Morgan fingerprint density at radius 1 is 1.25 bits per heavy atom. The van der Waals surface area contributed by atoms with Crippen molar-refractivity contribution in [2.24, 2.45) is 5.73 Å². The molecule has 0 aliphatic heterocycles. The van der Waals surface area contributed by atoms with Gasteiger partial charge >= 0.3 is 0 Å². The molecule has 16 heavy (non-hydrogen) atoms. The van der Waals surface area contributed by atoms with Crippen LogP contribution in [0.4, 0.5) is 0 Å². The molecule has 0 radical (unpaired) electrons. The van der Waals surface area contributed by atoms with Crippen LogP contribution < -0.4 is 5.73 Å². The quantitative estimate of drug-likeness (QED) is 0.826. The summed E-state index contributed by atoms with van der Waals surface area (Å²) < 4.78 is 5.54. The maximum atomic E-state index is 5.65. The first-order valence-electron chi connectivity index (χ1n) is 5.08. The highest BCUT2D eigenvalue weighted by Crippen LogP contribution is 2.25. The van der Waals surface area contributed by atoms with Crippen LogP contribution in [0.5, 0.6) is 0 Å². The van der Waals surface area contributed by atoms with Gasteiger partial charge in [0.1, 0.15) is 11.5 Å². The van der Waals surface area contributed by atoms with E-state index >= 15 is 0 Å². The highest BCUT2D eigenvalue weighted by atomic mass is 16.4. The summed E-state index contributed by atoms with van der Waals surface area (Å²) in [6, 6.07) is 0. The molecule has 2 aromatic heterocycles. The van der Waals surface area contributed by atoms with Gasteiger partial charge < -0.3 is 10.2 Å². The van der Waals surface area contributed by atoms with Gasteiger partial charge in [-0.15, -0.1) is 0 Å². The molecule has 2 heterocycles. The van der Waals surface area contributed by atoms with Crippen molar-refractivity contribution in [2.45, 2.75) is 27.3 Å². The first kappa shape index (κ1) is 10.8. The Kier molecular flexibility index (Phi) is 2.70. The van der Waals surface area contributed by atoms with Crippen LogP contribution in [0.15, 0.2) is 10.6 Å². The first-order chi connectivity index (χ1) is 7.61. The average molecular weight is 218 g/mol. The van der Waals surface area contributed by atoms with Crippen molar-refractivity contribution in [3.05, 3.63) is 29.2 Å². The lowest BCUT2D eigenvalue weighted by Gasteiger charge is -2.04. The van der Waals surface area contributed by atoms with E-state index in [1.165, 1.54) is 0 Å². The zero-order valence-electron chi connectivity index (χ0n) is 9.61. The number of nitrogens with two attached hydrogens (primary N) is 1. The molecule has 2 rings (SSSR count). The normalized spacial score (nSPS) is 10.8. The van der Waals surface area contributed by atoms with Gasteiger partial charge in [-0.2, -0.15) is 0 Å². The summed E-state index contributed by atoms with van der Waals surface area (Å²) >= 11 is 0. The summed E-state index contributed by atoms with van der Waals surface area (Å²) in [4.78, 5) is 12.7. The van der Waals surface area contributed by atoms with E-state index in [2.05, 4.69) is 15.0 Å². The van der Waals surface area contributed by atoms with Crippen molar-refractivity contribution >= 4 is 0 Å². The molecule has 0 aromatic carbocycles. The van der Waals surface area contributed by atoms with E-state index in [4.69, 9.17) is 10.2 Å². The van der Waals surface area contributed by atoms with Crippen molar-refractivity contribution in [1.82, 2.24) is 15.0 Å². The Bertz CT molecular complexity index is 519. The molecule has 0 atom stereocenters. The Hall–Kier alpha value is -1.75. The monoisotopic (exact) mass is 218 g/mol. The molecule has 0 amide bonds. The fraction of sp³-hybridized carbons (Fsp3) is 0.364. The number of hydrogen-bond acceptors (Lipinski definition) is 5. The number of aryl methyl sites for hydroxylation is 3. The molecular weight excluding hydrogens is 204 g/mol. The molecule has 5 heteroatoms. The second kappa shape index (κ2) is 4.02. The third-order valence-electron chi connectivity index (χ3n) is 2.32. The lowest BCUT2D eigenvalue weighted by molar-refractivity contribution is 0.531. The third kappa shape index (κ3) is 1.81. The zero-order chi connectivity index (χ0) is 11.7. The van der Waals surface area contributed by atoms with Gasteiger partial charge in [-0.1, -0.05) is 0 Å². The van der Waals surface area contributed by atoms with Gasteiger partial charge in [0, 0.05) is 25.2 Å². The SMILES string of the molecule is Cc1ncc(CN)c(-c2oc(C)nc2C)n1. The van der Waals surface area contributed by atoms with Crippen LogP contribution in [0.1, 0.15) is 23.0 Å². The number of oxazole rings is 1. The van der Waals surface area contributed by atoms with Crippen molar-refractivity contribution in [2.75, 3.05) is 0 Å². The van der Waals surface area contributed by atoms with Crippen molar-refractivity contribution in [3.8, 4) is 11.5 Å². The predicted molar refractivity (Wildman–Crippen MR) is 59.6 cm³/mol. The van der Waals surface area contributed by atoms with Crippen molar-refractivity contribution in [1.29, 1.82) is 0 Å². The van der Waals surface area contributed by atoms with E-state index in [0.717, 1.165) is 17.0 Å². The molecule has 0 spiro atoms. The second-order valence-corrected chi connectivity index (χ2v) is 3.64. The fourth-order valence-electron chi connectivity index (χ4n) is 1.59. The van der Waals surface area contributed by atoms with Crippen LogP contribution in [0.25, 0.3) is 11.5 Å². The topological polar surface area (TPSA) is 77.8 Å². The Morgan fingerprint density at radius 3 is 2.56 bits per heavy atom. The van der Waals surface area contributed by atoms with Gasteiger partial charge in [-0.05, 0) is 13.8 Å². The summed E-state index contributed by atoms with van der Waals surface area (Å²) in [5, 5.41) is 0. The van der Waals surface area contributed by atoms with E-state index < -0.39 is 0 Å². The van der Waals surface area contributed by atoms with E-state index in [9.17, 15) is 0 Å². The number of nitrogens with zero attached hydrogens (tertiary/aromatic N) is 3. The predicted octanol–water partition coefficient (Wildman–Crippen LogP) is 1.52. The maximum Gasteiger partial charge on any atom is 0.192 e. The molecule has 0 bridgehead atoms. The van der Waals surface area contributed by atoms with Gasteiger partial charge in [-0.25, -0.2) is 15.0 Å². The summed E-state index contributed by atoms with van der Waals surface area (Å²) in [5.41, 5.74) is 8.09. The Balaban J connectivity index is 2.62. The summed E-state index contributed by atoms with van der Waals surface area (Å²) in [7, 11) is 0. The molecule has 84 valence electrons. The average Bonchev–Trinajstić information content (AvgIpc) is 2.57. The standard InChI is InChI=1S/C11H14N4O/c1-6-11(16-8(3)14-6)10-9(4-12)5-13-7(2)15-10/h5H,4,12H2,1-3H3. The highest BCUT2D eigenvalue weighted by molar-refractivity contribution is 5.58. The second-order valence-electron chi connectivity index (χ2n) is 3.64. The van der Waals surface area contributed by atoms with Crippen LogP contribution >= 0.6 is 0 Å². The maximum absolute atomic E-state index is 5.65. The van der Waals surface area contributed by atoms with Crippen molar-refractivity contribution < 1.29 is 4.42 Å². The van der Waals surface area contributed by atoms with Gasteiger partial charge in [-0.3, -0.25) is 0 Å². The number of rotatable bonds is 2. The Labute approximate surface area is 93.7 Å². The highest BCUT2D eigenvalue weighted by Gasteiger charge is 2.15. The van der Waals surface area contributed by atoms with E-state index in [-0.39, 0.29) is 0 Å². The van der Waals surface area contributed by atoms with E-state index in [0.29, 0.717) is 24.0 Å². The molecule has 0 aliphatic rings. The first-order valence-corrected chi connectivity index (χ1v) is 5.08. The Morgan fingerprint density at radius 2 is 2.00 bits per heavy atom. The van der Waals surface area contributed by atoms with Crippen molar-refractivity contribution in [3.63, 3.8) is 0 Å². The summed E-state index contributed by atoms with van der Waals surface area (Å²) in [6.45, 7) is 5.92. The number of hydrogen-bond donors (Lipinski definition) is 1. The summed E-state index contributed by atoms with van der Waals surface area (Å²) in [5.74, 6) is 2.01. The van der Waals surface area contributed by atoms with Crippen LogP contribution in [-0.4, -0.2) is 15.0 Å². The summed E-state index contributed by atoms with van der Waals surface area (Å²) in [6.07, 6.45) is 1.73. The molecule has 0 saturated carbocycles. The van der Waals surface area contributed by atoms with E-state index in [1.807, 2.05) is 20.8 Å². The molecule has 0 fully saturated rings. The van der Waals surface area contributed by atoms with E-state index in [1.54, 1.807) is 6.20 Å². The van der Waals surface area contributed by atoms with Gasteiger partial charge in [0.05, 0.1) is 5.69 Å². The van der Waals surface area contributed by atoms with Gasteiger partial charge in [0.25, 0.3) is 0 Å².